The van der Waals surface area contributed by atoms with Gasteiger partial charge in [-0.05, 0) is 25.3 Å². The summed E-state index contributed by atoms with van der Waals surface area (Å²) in [4.78, 5) is 47.0. The molecule has 0 aromatic heterocycles. The second-order valence-corrected chi connectivity index (χ2v) is 6.57. The number of rotatable bonds is 11. The number of carboxylic acids is 1. The Bertz CT molecular complexity index is 677. The summed E-state index contributed by atoms with van der Waals surface area (Å²) in [6.07, 6.45) is -0.342. The van der Waals surface area contributed by atoms with E-state index in [1.165, 1.54) is 0 Å². The first-order chi connectivity index (χ1) is 13.2. The molecule has 0 fully saturated rings. The fourth-order valence-electron chi connectivity index (χ4n) is 2.66. The molecule has 0 aliphatic heterocycles. The summed E-state index contributed by atoms with van der Waals surface area (Å²) in [5.74, 6) is -3.28. The molecule has 3 N–H and O–H groups in total. The number of ether oxygens (including phenoxy) is 1. The molecule has 2 amide bonds. The van der Waals surface area contributed by atoms with E-state index >= 15 is 0 Å². The SMILES string of the molecule is CCOC(=O)C[C@@H](C)[C@@H](NC(=O)CCC(=O)N[C@H](C)c1ccccc1)C(=O)O. The number of esters is 1. The third kappa shape index (κ3) is 8.20. The molecule has 1 aromatic rings. The van der Waals surface area contributed by atoms with Gasteiger partial charge in [-0.25, -0.2) is 4.79 Å². The third-order valence-corrected chi connectivity index (χ3v) is 4.20. The van der Waals surface area contributed by atoms with Crippen LogP contribution in [0.25, 0.3) is 0 Å². The maximum absolute atomic E-state index is 12.1. The highest BCUT2D eigenvalue weighted by Gasteiger charge is 2.28. The lowest BCUT2D eigenvalue weighted by Crippen LogP contribution is -2.46. The molecule has 1 rings (SSSR count). The number of carbonyl (C=O) groups is 4. The van der Waals surface area contributed by atoms with Crippen LogP contribution in [0.1, 0.15) is 51.6 Å². The molecular weight excluding hydrogens is 364 g/mol. The van der Waals surface area contributed by atoms with Gasteiger partial charge in [0, 0.05) is 12.8 Å². The lowest BCUT2D eigenvalue weighted by Gasteiger charge is -2.21. The Morgan fingerprint density at radius 2 is 1.57 bits per heavy atom. The van der Waals surface area contributed by atoms with Crippen molar-refractivity contribution >= 4 is 23.8 Å². The van der Waals surface area contributed by atoms with Gasteiger partial charge in [-0.3, -0.25) is 14.4 Å². The van der Waals surface area contributed by atoms with Crippen molar-refractivity contribution in [3.63, 3.8) is 0 Å². The van der Waals surface area contributed by atoms with Gasteiger partial charge < -0.3 is 20.5 Å². The van der Waals surface area contributed by atoms with E-state index in [-0.39, 0.29) is 37.8 Å². The van der Waals surface area contributed by atoms with Crippen molar-refractivity contribution in [3.8, 4) is 0 Å². The highest BCUT2D eigenvalue weighted by atomic mass is 16.5. The maximum atomic E-state index is 12.1. The van der Waals surface area contributed by atoms with E-state index in [0.29, 0.717) is 0 Å². The topological polar surface area (TPSA) is 122 Å². The lowest BCUT2D eigenvalue weighted by atomic mass is 9.98. The molecule has 8 heteroatoms. The number of amides is 2. The largest absolute Gasteiger partial charge is 0.480 e. The van der Waals surface area contributed by atoms with Crippen LogP contribution in [0.4, 0.5) is 0 Å². The van der Waals surface area contributed by atoms with Crippen LogP contribution < -0.4 is 10.6 Å². The molecule has 0 heterocycles. The van der Waals surface area contributed by atoms with Crippen molar-refractivity contribution in [2.24, 2.45) is 5.92 Å². The van der Waals surface area contributed by atoms with E-state index < -0.39 is 29.8 Å². The Morgan fingerprint density at radius 3 is 2.11 bits per heavy atom. The zero-order valence-electron chi connectivity index (χ0n) is 16.4. The number of nitrogens with one attached hydrogen (secondary N) is 2. The fourth-order valence-corrected chi connectivity index (χ4v) is 2.66. The molecule has 154 valence electrons. The number of hydrogen-bond acceptors (Lipinski definition) is 5. The van der Waals surface area contributed by atoms with E-state index in [1.807, 2.05) is 37.3 Å². The lowest BCUT2D eigenvalue weighted by molar-refractivity contribution is -0.147. The normalized spacial score (nSPS) is 13.7. The Morgan fingerprint density at radius 1 is 1.00 bits per heavy atom. The van der Waals surface area contributed by atoms with Crippen molar-refractivity contribution in [2.45, 2.75) is 52.1 Å². The molecule has 0 saturated heterocycles. The Hall–Kier alpha value is -2.90. The molecule has 0 bridgehead atoms. The van der Waals surface area contributed by atoms with Crippen LogP contribution in [0.2, 0.25) is 0 Å². The van der Waals surface area contributed by atoms with Gasteiger partial charge in [0.25, 0.3) is 0 Å². The minimum absolute atomic E-state index is 0.0679. The van der Waals surface area contributed by atoms with Gasteiger partial charge in [-0.15, -0.1) is 0 Å². The molecule has 0 unspecified atom stereocenters. The summed E-state index contributed by atoms with van der Waals surface area (Å²) in [7, 11) is 0. The molecule has 1 aromatic carbocycles. The van der Waals surface area contributed by atoms with Gasteiger partial charge in [0.15, 0.2) is 0 Å². The summed E-state index contributed by atoms with van der Waals surface area (Å²) in [5.41, 5.74) is 0.944. The van der Waals surface area contributed by atoms with Crippen LogP contribution in [0.15, 0.2) is 30.3 Å². The van der Waals surface area contributed by atoms with Gasteiger partial charge >= 0.3 is 11.9 Å². The summed E-state index contributed by atoms with van der Waals surface area (Å²) in [6, 6.07) is 7.96. The standard InChI is InChI=1S/C20H28N2O6/c1-4-28-18(25)12-13(2)19(20(26)27)22-17(24)11-10-16(23)21-14(3)15-8-6-5-7-9-15/h5-9,13-14,19H,4,10-12H2,1-3H3,(H,21,23)(H,22,24)(H,26,27)/t13-,14-,19-/m1/s1. The van der Waals surface area contributed by atoms with Crippen molar-refractivity contribution < 1.29 is 29.0 Å². The molecule has 0 aliphatic carbocycles. The van der Waals surface area contributed by atoms with Crippen LogP contribution >= 0.6 is 0 Å². The first-order valence-corrected chi connectivity index (χ1v) is 9.26. The van der Waals surface area contributed by atoms with Crippen molar-refractivity contribution in [2.75, 3.05) is 6.61 Å². The van der Waals surface area contributed by atoms with E-state index in [9.17, 15) is 24.3 Å². The summed E-state index contributed by atoms with van der Waals surface area (Å²) in [5, 5.41) is 14.5. The monoisotopic (exact) mass is 392 g/mol. The fraction of sp³-hybridized carbons (Fsp3) is 0.500. The minimum atomic E-state index is -1.24. The molecule has 0 spiro atoms. The Labute approximate surface area is 164 Å². The zero-order chi connectivity index (χ0) is 21.1. The summed E-state index contributed by atoms with van der Waals surface area (Å²) >= 11 is 0. The van der Waals surface area contributed by atoms with E-state index in [0.717, 1.165) is 5.56 Å². The van der Waals surface area contributed by atoms with Gasteiger partial charge in [0.1, 0.15) is 6.04 Å². The van der Waals surface area contributed by atoms with Crippen molar-refractivity contribution in [3.05, 3.63) is 35.9 Å². The highest BCUT2D eigenvalue weighted by Crippen LogP contribution is 2.12. The molecular formula is C20H28N2O6. The van der Waals surface area contributed by atoms with Crippen LogP contribution in [-0.4, -0.2) is 41.5 Å². The smallest absolute Gasteiger partial charge is 0.326 e. The second kappa shape index (κ2) is 11.7. The van der Waals surface area contributed by atoms with Crippen molar-refractivity contribution in [1.82, 2.24) is 10.6 Å². The maximum Gasteiger partial charge on any atom is 0.326 e. The number of hydrogen-bond donors (Lipinski definition) is 3. The third-order valence-electron chi connectivity index (χ3n) is 4.20. The van der Waals surface area contributed by atoms with Crippen LogP contribution in [0.5, 0.6) is 0 Å². The molecule has 3 atom stereocenters. The van der Waals surface area contributed by atoms with Gasteiger partial charge in [-0.2, -0.15) is 0 Å². The van der Waals surface area contributed by atoms with Gasteiger partial charge in [-0.1, -0.05) is 37.3 Å². The second-order valence-electron chi connectivity index (χ2n) is 6.57. The number of aliphatic carboxylic acids is 1. The predicted molar refractivity (Wildman–Crippen MR) is 102 cm³/mol. The van der Waals surface area contributed by atoms with Gasteiger partial charge in [0.2, 0.25) is 11.8 Å². The molecule has 28 heavy (non-hydrogen) atoms. The van der Waals surface area contributed by atoms with E-state index in [1.54, 1.807) is 13.8 Å². The van der Waals surface area contributed by atoms with Gasteiger partial charge in [0.05, 0.1) is 19.1 Å². The average molecular weight is 392 g/mol. The summed E-state index contributed by atoms with van der Waals surface area (Å²) < 4.78 is 4.80. The average Bonchev–Trinajstić information content (AvgIpc) is 2.64. The van der Waals surface area contributed by atoms with Crippen LogP contribution in [0.3, 0.4) is 0 Å². The molecule has 8 nitrogen and oxygen atoms in total. The highest BCUT2D eigenvalue weighted by molar-refractivity contribution is 5.87. The number of benzene rings is 1. The first-order valence-electron chi connectivity index (χ1n) is 9.26. The van der Waals surface area contributed by atoms with Crippen molar-refractivity contribution in [1.29, 1.82) is 0 Å². The van der Waals surface area contributed by atoms with Crippen LogP contribution in [-0.2, 0) is 23.9 Å². The Kier molecular flexibility index (Phi) is 9.70. The predicted octanol–water partition coefficient (Wildman–Crippen LogP) is 1.80. The quantitative estimate of drug-likeness (QED) is 0.494. The first kappa shape index (κ1) is 23.1. The van der Waals surface area contributed by atoms with E-state index in [4.69, 9.17) is 4.74 Å². The van der Waals surface area contributed by atoms with Crippen LogP contribution in [0, 0.1) is 5.92 Å². The van der Waals surface area contributed by atoms with E-state index in [2.05, 4.69) is 10.6 Å². The number of carboxylic acid groups (broad SMARTS) is 1. The molecule has 0 aliphatic rings. The summed E-state index contributed by atoms with van der Waals surface area (Å²) in [6.45, 7) is 5.24. The zero-order valence-corrected chi connectivity index (χ0v) is 16.4. The Balaban J connectivity index is 2.48. The molecule has 0 radical (unpaired) electrons. The molecule has 0 saturated carbocycles. The minimum Gasteiger partial charge on any atom is -0.480 e. The number of carbonyl (C=O) groups excluding carboxylic acids is 3.